The number of rotatable bonds is 2. The number of benzene rings is 1. The highest BCUT2D eigenvalue weighted by Crippen LogP contribution is 2.31. The van der Waals surface area contributed by atoms with Gasteiger partial charge in [-0.1, -0.05) is 22.9 Å². The number of phenolic OH excluding ortho intramolecular Hbond substituents is 2. The fraction of sp³-hybridized carbons (Fsp3) is 0. The molecule has 1 aromatic carbocycles. The van der Waals surface area contributed by atoms with E-state index in [1.54, 1.807) is 0 Å². The number of hydrogen-bond donors (Lipinski definition) is 2. The molecule has 0 fully saturated rings. The number of phenols is 2. The van der Waals surface area contributed by atoms with Gasteiger partial charge in [-0.05, 0) is 12.1 Å². The maximum absolute atomic E-state index is 9.22. The van der Waals surface area contributed by atoms with Crippen molar-refractivity contribution in [1.29, 1.82) is 0 Å². The maximum Gasteiger partial charge on any atom is 0.231 e. The number of halogens is 1. The summed E-state index contributed by atoms with van der Waals surface area (Å²) in [6.07, 6.45) is 1.48. The van der Waals surface area contributed by atoms with Crippen LogP contribution in [0.25, 0.3) is 0 Å². The van der Waals surface area contributed by atoms with Crippen molar-refractivity contribution < 1.29 is 10.2 Å². The molecule has 0 aliphatic rings. The first-order valence-electron chi connectivity index (χ1n) is 4.20. The zero-order valence-corrected chi connectivity index (χ0v) is 9.40. The Kier molecular flexibility index (Phi) is 3.02. The summed E-state index contributed by atoms with van der Waals surface area (Å²) in [5, 5.41) is 26.4. The molecular weight excluding hydrogens is 250 g/mol. The molecule has 0 spiro atoms. The van der Waals surface area contributed by atoms with Gasteiger partial charge in [0.2, 0.25) is 5.13 Å². The van der Waals surface area contributed by atoms with Gasteiger partial charge in [-0.2, -0.15) is 0 Å². The molecule has 0 radical (unpaired) electrons. The Balaban J connectivity index is 2.20. The molecule has 82 valence electrons. The SMILES string of the molecule is Oc1ccc(N=Nc2ncc(Cl)s2)cc1O. The van der Waals surface area contributed by atoms with Crippen LogP contribution in [0.4, 0.5) is 10.8 Å². The third-order valence-electron chi connectivity index (χ3n) is 1.68. The highest BCUT2D eigenvalue weighted by molar-refractivity contribution is 7.19. The summed E-state index contributed by atoms with van der Waals surface area (Å²) in [4.78, 5) is 3.89. The summed E-state index contributed by atoms with van der Waals surface area (Å²) in [6.45, 7) is 0. The minimum absolute atomic E-state index is 0.198. The smallest absolute Gasteiger partial charge is 0.231 e. The second-order valence-corrected chi connectivity index (χ2v) is 4.46. The lowest BCUT2D eigenvalue weighted by molar-refractivity contribution is 0.404. The first kappa shape index (κ1) is 10.8. The average molecular weight is 256 g/mol. The standard InChI is InChI=1S/C9H6ClN3O2S/c10-8-4-11-9(16-8)13-12-5-1-2-6(14)7(15)3-5/h1-4,14-15H. The zero-order chi connectivity index (χ0) is 11.5. The van der Waals surface area contributed by atoms with Crippen molar-refractivity contribution in [2.75, 3.05) is 0 Å². The van der Waals surface area contributed by atoms with Crippen molar-refractivity contribution in [3.63, 3.8) is 0 Å². The molecule has 2 aromatic rings. The lowest BCUT2D eigenvalue weighted by Gasteiger charge is -1.96. The van der Waals surface area contributed by atoms with E-state index in [0.29, 0.717) is 15.2 Å². The first-order valence-corrected chi connectivity index (χ1v) is 5.39. The molecule has 0 saturated carbocycles. The molecular formula is C9H6ClN3O2S. The van der Waals surface area contributed by atoms with Crippen molar-refractivity contribution in [3.05, 3.63) is 28.7 Å². The zero-order valence-electron chi connectivity index (χ0n) is 7.83. The van der Waals surface area contributed by atoms with E-state index in [1.807, 2.05) is 0 Å². The van der Waals surface area contributed by atoms with Crippen LogP contribution in [0.1, 0.15) is 0 Å². The van der Waals surface area contributed by atoms with Crippen LogP contribution in [-0.4, -0.2) is 15.2 Å². The van der Waals surface area contributed by atoms with Gasteiger partial charge < -0.3 is 10.2 Å². The van der Waals surface area contributed by atoms with Crippen LogP contribution in [0.5, 0.6) is 11.5 Å². The summed E-state index contributed by atoms with van der Waals surface area (Å²) in [7, 11) is 0. The Morgan fingerprint density at radius 2 is 2.00 bits per heavy atom. The van der Waals surface area contributed by atoms with Crippen molar-refractivity contribution in [2.45, 2.75) is 0 Å². The molecule has 0 unspecified atom stereocenters. The molecule has 0 atom stereocenters. The van der Waals surface area contributed by atoms with E-state index in [1.165, 1.54) is 35.7 Å². The van der Waals surface area contributed by atoms with Crippen molar-refractivity contribution in [1.82, 2.24) is 4.98 Å². The number of thiazole rings is 1. The van der Waals surface area contributed by atoms with Gasteiger partial charge in [0.25, 0.3) is 0 Å². The van der Waals surface area contributed by atoms with Gasteiger partial charge in [0, 0.05) is 6.07 Å². The molecule has 7 heteroatoms. The van der Waals surface area contributed by atoms with Gasteiger partial charge in [0.15, 0.2) is 11.5 Å². The number of azo groups is 1. The molecule has 0 aliphatic carbocycles. The van der Waals surface area contributed by atoms with Crippen LogP contribution in [0.2, 0.25) is 4.34 Å². The maximum atomic E-state index is 9.22. The van der Waals surface area contributed by atoms with Crippen LogP contribution in [0.3, 0.4) is 0 Å². The second kappa shape index (κ2) is 4.46. The molecule has 0 bridgehead atoms. The molecule has 2 rings (SSSR count). The topological polar surface area (TPSA) is 78.1 Å². The van der Waals surface area contributed by atoms with Crippen LogP contribution in [-0.2, 0) is 0 Å². The van der Waals surface area contributed by atoms with E-state index in [-0.39, 0.29) is 11.5 Å². The summed E-state index contributed by atoms with van der Waals surface area (Å²) >= 11 is 6.87. The predicted octanol–water partition coefficient (Wildman–Crippen LogP) is 3.62. The Morgan fingerprint density at radius 3 is 2.62 bits per heavy atom. The normalized spacial score (nSPS) is 11.1. The Hall–Kier alpha value is -1.66. The van der Waals surface area contributed by atoms with E-state index in [0.717, 1.165) is 0 Å². The fourth-order valence-corrected chi connectivity index (χ4v) is 1.69. The molecule has 5 nitrogen and oxygen atoms in total. The number of hydrogen-bond acceptors (Lipinski definition) is 6. The molecule has 16 heavy (non-hydrogen) atoms. The quantitative estimate of drug-likeness (QED) is 0.635. The molecule has 2 N–H and O–H groups in total. The van der Waals surface area contributed by atoms with Gasteiger partial charge in [-0.25, -0.2) is 4.98 Å². The summed E-state index contributed by atoms with van der Waals surface area (Å²) in [5.74, 6) is -0.440. The fourth-order valence-electron chi connectivity index (χ4n) is 0.967. The Labute approximate surface area is 99.7 Å². The lowest BCUT2D eigenvalue weighted by Crippen LogP contribution is -1.67. The minimum atomic E-state index is -0.242. The number of aromatic hydroxyl groups is 2. The van der Waals surface area contributed by atoms with Crippen LogP contribution in [0.15, 0.2) is 34.6 Å². The van der Waals surface area contributed by atoms with Crippen LogP contribution >= 0.6 is 22.9 Å². The molecule has 1 aromatic heterocycles. The van der Waals surface area contributed by atoms with E-state index >= 15 is 0 Å². The highest BCUT2D eigenvalue weighted by atomic mass is 35.5. The van der Waals surface area contributed by atoms with Crippen LogP contribution < -0.4 is 0 Å². The van der Waals surface area contributed by atoms with Gasteiger partial charge in [0.1, 0.15) is 4.34 Å². The molecule has 1 heterocycles. The molecule has 0 saturated heterocycles. The molecule has 0 amide bonds. The van der Waals surface area contributed by atoms with Crippen LogP contribution in [0, 0.1) is 0 Å². The summed E-state index contributed by atoms with van der Waals surface area (Å²) < 4.78 is 0.530. The largest absolute Gasteiger partial charge is 0.504 e. The first-order chi connectivity index (χ1) is 7.65. The highest BCUT2D eigenvalue weighted by Gasteiger charge is 2.00. The summed E-state index contributed by atoms with van der Waals surface area (Å²) in [5.41, 5.74) is 0.418. The second-order valence-electron chi connectivity index (χ2n) is 2.82. The Morgan fingerprint density at radius 1 is 1.19 bits per heavy atom. The monoisotopic (exact) mass is 255 g/mol. The van der Waals surface area contributed by atoms with Crippen molar-refractivity contribution >= 4 is 33.8 Å². The minimum Gasteiger partial charge on any atom is -0.504 e. The van der Waals surface area contributed by atoms with E-state index < -0.39 is 0 Å². The van der Waals surface area contributed by atoms with E-state index in [2.05, 4.69) is 15.2 Å². The van der Waals surface area contributed by atoms with Gasteiger partial charge >= 0.3 is 0 Å². The summed E-state index contributed by atoms with van der Waals surface area (Å²) in [6, 6.07) is 4.15. The predicted molar refractivity (Wildman–Crippen MR) is 61.1 cm³/mol. The van der Waals surface area contributed by atoms with Gasteiger partial charge in [-0.15, -0.1) is 10.2 Å². The van der Waals surface area contributed by atoms with Gasteiger partial charge in [0.05, 0.1) is 11.9 Å². The average Bonchev–Trinajstić information content (AvgIpc) is 2.66. The molecule has 0 aliphatic heterocycles. The Bertz CT molecular complexity index is 541. The third-order valence-corrected chi connectivity index (χ3v) is 2.67. The van der Waals surface area contributed by atoms with Crippen molar-refractivity contribution in [2.24, 2.45) is 10.2 Å². The van der Waals surface area contributed by atoms with E-state index in [9.17, 15) is 5.11 Å². The number of nitrogens with zero attached hydrogens (tertiary/aromatic N) is 3. The van der Waals surface area contributed by atoms with Crippen molar-refractivity contribution in [3.8, 4) is 11.5 Å². The van der Waals surface area contributed by atoms with E-state index in [4.69, 9.17) is 16.7 Å². The third kappa shape index (κ3) is 2.47. The number of aromatic nitrogens is 1. The lowest BCUT2D eigenvalue weighted by atomic mass is 10.3. The van der Waals surface area contributed by atoms with Gasteiger partial charge in [-0.3, -0.25) is 0 Å².